The normalized spacial score (nSPS) is 10.7. The summed E-state index contributed by atoms with van der Waals surface area (Å²) in [6, 6.07) is 15.8. The lowest BCUT2D eigenvalue weighted by Crippen LogP contribution is -2.21. The first-order chi connectivity index (χ1) is 15.0. The van der Waals surface area contributed by atoms with Gasteiger partial charge in [-0.15, -0.1) is 0 Å². The quantitative estimate of drug-likeness (QED) is 0.280. The van der Waals surface area contributed by atoms with Crippen LogP contribution in [0.4, 0.5) is 11.4 Å². The summed E-state index contributed by atoms with van der Waals surface area (Å²) < 4.78 is 16.2. The molecule has 0 fully saturated rings. The summed E-state index contributed by atoms with van der Waals surface area (Å²) in [6.07, 6.45) is 0. The van der Waals surface area contributed by atoms with Crippen LogP contribution in [0.5, 0.6) is 5.75 Å². The average Bonchev–Trinajstić information content (AvgIpc) is 3.14. The monoisotopic (exact) mass is 420 g/mol. The van der Waals surface area contributed by atoms with E-state index in [1.165, 1.54) is 31.4 Å². The lowest BCUT2D eigenvalue weighted by atomic mass is 10.1. The molecule has 4 aromatic rings. The zero-order valence-electron chi connectivity index (χ0n) is 16.3. The van der Waals surface area contributed by atoms with Gasteiger partial charge in [0.05, 0.1) is 23.3 Å². The molecule has 0 saturated carbocycles. The summed E-state index contributed by atoms with van der Waals surface area (Å²) in [5, 5.41) is 15.1. The third-order valence-corrected chi connectivity index (χ3v) is 4.62. The highest BCUT2D eigenvalue weighted by molar-refractivity contribution is 6.08. The van der Waals surface area contributed by atoms with E-state index in [4.69, 9.17) is 13.9 Å². The highest BCUT2D eigenvalue weighted by Gasteiger charge is 2.16. The number of nitrogens with one attached hydrogen (secondary N) is 1. The third-order valence-electron chi connectivity index (χ3n) is 4.62. The maximum Gasteiger partial charge on any atom is 0.338 e. The van der Waals surface area contributed by atoms with E-state index in [2.05, 4.69) is 5.32 Å². The van der Waals surface area contributed by atoms with Crippen LogP contribution in [0.3, 0.4) is 0 Å². The van der Waals surface area contributed by atoms with E-state index in [1.807, 2.05) is 24.3 Å². The van der Waals surface area contributed by atoms with Gasteiger partial charge in [-0.2, -0.15) is 0 Å². The van der Waals surface area contributed by atoms with E-state index in [9.17, 15) is 19.7 Å². The highest BCUT2D eigenvalue weighted by Crippen LogP contribution is 2.36. The molecule has 0 saturated heterocycles. The van der Waals surface area contributed by atoms with Crippen molar-refractivity contribution < 1.29 is 28.4 Å². The minimum Gasteiger partial charge on any atom is -0.495 e. The molecule has 3 aromatic carbocycles. The summed E-state index contributed by atoms with van der Waals surface area (Å²) in [4.78, 5) is 34.5. The van der Waals surface area contributed by atoms with Crippen molar-refractivity contribution in [3.8, 4) is 5.75 Å². The summed E-state index contributed by atoms with van der Waals surface area (Å²) in [5.74, 6) is -0.928. The summed E-state index contributed by atoms with van der Waals surface area (Å²) in [6.45, 7) is -0.545. The molecule has 0 aliphatic rings. The summed E-state index contributed by atoms with van der Waals surface area (Å²) in [7, 11) is 1.48. The number of fused-ring (bicyclic) bond motifs is 3. The molecule has 1 heterocycles. The number of nitro benzene ring substituents is 1. The van der Waals surface area contributed by atoms with Crippen LogP contribution in [0.15, 0.2) is 65.1 Å². The Morgan fingerprint density at radius 1 is 1.03 bits per heavy atom. The molecule has 1 amide bonds. The number of nitro groups is 1. The SMILES string of the molecule is COc1cc2c(cc1NC(=O)COC(=O)c1ccc([N+](=O)[O-])cc1)oc1ccccc12. The highest BCUT2D eigenvalue weighted by atomic mass is 16.6. The van der Waals surface area contributed by atoms with Gasteiger partial charge in [0.2, 0.25) is 0 Å². The Morgan fingerprint density at radius 2 is 1.77 bits per heavy atom. The molecule has 1 aromatic heterocycles. The molecule has 9 heteroatoms. The molecule has 0 aliphatic heterocycles. The van der Waals surface area contributed by atoms with Gasteiger partial charge in [-0.25, -0.2) is 4.79 Å². The maximum absolute atomic E-state index is 12.3. The van der Waals surface area contributed by atoms with Crippen molar-refractivity contribution >= 4 is 45.2 Å². The molecular weight excluding hydrogens is 404 g/mol. The Labute approximate surface area is 175 Å². The van der Waals surface area contributed by atoms with Crippen LogP contribution in [-0.4, -0.2) is 30.5 Å². The first-order valence-corrected chi connectivity index (χ1v) is 9.17. The van der Waals surface area contributed by atoms with Crippen molar-refractivity contribution in [2.45, 2.75) is 0 Å². The second-order valence-corrected chi connectivity index (χ2v) is 6.58. The molecule has 0 atom stereocenters. The fourth-order valence-corrected chi connectivity index (χ4v) is 3.14. The topological polar surface area (TPSA) is 121 Å². The number of benzene rings is 3. The van der Waals surface area contributed by atoms with E-state index >= 15 is 0 Å². The van der Waals surface area contributed by atoms with Crippen molar-refractivity contribution in [3.63, 3.8) is 0 Å². The number of furan rings is 1. The number of amides is 1. The number of hydrogen-bond donors (Lipinski definition) is 1. The average molecular weight is 420 g/mol. The second kappa shape index (κ2) is 8.15. The molecule has 0 spiro atoms. The zero-order chi connectivity index (χ0) is 22.0. The number of rotatable bonds is 6. The van der Waals surface area contributed by atoms with Gasteiger partial charge in [0.1, 0.15) is 16.9 Å². The van der Waals surface area contributed by atoms with Crippen LogP contribution in [0.25, 0.3) is 21.9 Å². The second-order valence-electron chi connectivity index (χ2n) is 6.58. The minimum absolute atomic E-state index is 0.0969. The van der Waals surface area contributed by atoms with Crippen LogP contribution in [0.1, 0.15) is 10.4 Å². The van der Waals surface area contributed by atoms with Crippen LogP contribution in [0, 0.1) is 10.1 Å². The molecule has 0 radical (unpaired) electrons. The molecule has 0 unspecified atom stereocenters. The number of esters is 1. The lowest BCUT2D eigenvalue weighted by Gasteiger charge is -2.10. The molecule has 4 rings (SSSR count). The molecule has 0 aliphatic carbocycles. The predicted octanol–water partition coefficient (Wildman–Crippen LogP) is 4.30. The lowest BCUT2D eigenvalue weighted by molar-refractivity contribution is -0.384. The molecule has 9 nitrogen and oxygen atoms in total. The van der Waals surface area contributed by atoms with Gasteiger partial charge in [-0.1, -0.05) is 18.2 Å². The van der Waals surface area contributed by atoms with Crippen molar-refractivity contribution in [2.24, 2.45) is 0 Å². The number of ether oxygens (including phenoxy) is 2. The molecule has 31 heavy (non-hydrogen) atoms. The van der Waals surface area contributed by atoms with Crippen molar-refractivity contribution in [3.05, 3.63) is 76.3 Å². The predicted molar refractivity (Wildman–Crippen MR) is 112 cm³/mol. The van der Waals surface area contributed by atoms with E-state index in [1.54, 1.807) is 12.1 Å². The van der Waals surface area contributed by atoms with Crippen molar-refractivity contribution in [1.82, 2.24) is 0 Å². The minimum atomic E-state index is -0.773. The Bertz CT molecular complexity index is 1310. The van der Waals surface area contributed by atoms with Crippen molar-refractivity contribution in [2.75, 3.05) is 19.0 Å². The van der Waals surface area contributed by atoms with E-state index in [-0.39, 0.29) is 11.3 Å². The Morgan fingerprint density at radius 3 is 2.48 bits per heavy atom. The van der Waals surface area contributed by atoms with Gasteiger partial charge in [0, 0.05) is 29.0 Å². The number of non-ortho nitro benzene ring substituents is 1. The molecular formula is C22H16N2O7. The largest absolute Gasteiger partial charge is 0.495 e. The van der Waals surface area contributed by atoms with Gasteiger partial charge in [-0.05, 0) is 24.3 Å². The summed E-state index contributed by atoms with van der Waals surface area (Å²) in [5.41, 5.74) is 1.59. The fourth-order valence-electron chi connectivity index (χ4n) is 3.14. The summed E-state index contributed by atoms with van der Waals surface area (Å²) >= 11 is 0. The van der Waals surface area contributed by atoms with Gasteiger partial charge in [0.15, 0.2) is 6.61 Å². The first-order valence-electron chi connectivity index (χ1n) is 9.17. The third kappa shape index (κ3) is 4.01. The van der Waals surface area contributed by atoms with Crippen LogP contribution < -0.4 is 10.1 Å². The van der Waals surface area contributed by atoms with E-state index in [0.29, 0.717) is 22.6 Å². The van der Waals surface area contributed by atoms with Gasteiger partial charge in [0.25, 0.3) is 11.6 Å². The van der Waals surface area contributed by atoms with Crippen LogP contribution >= 0.6 is 0 Å². The Balaban J connectivity index is 1.47. The molecule has 1 N–H and O–H groups in total. The van der Waals surface area contributed by atoms with Crippen molar-refractivity contribution in [1.29, 1.82) is 0 Å². The Kier molecular flexibility index (Phi) is 5.23. The number of nitrogens with zero attached hydrogens (tertiary/aromatic N) is 1. The zero-order valence-corrected chi connectivity index (χ0v) is 16.3. The van der Waals surface area contributed by atoms with Gasteiger partial charge in [-0.3, -0.25) is 14.9 Å². The number of para-hydroxylation sites is 1. The van der Waals surface area contributed by atoms with Crippen LogP contribution in [0.2, 0.25) is 0 Å². The number of anilines is 1. The number of hydrogen-bond acceptors (Lipinski definition) is 7. The molecule has 156 valence electrons. The first kappa shape index (κ1) is 19.9. The van der Waals surface area contributed by atoms with E-state index in [0.717, 1.165) is 10.8 Å². The molecule has 0 bridgehead atoms. The number of carbonyl (C=O) groups is 2. The standard InChI is InChI=1S/C22H16N2O7/c1-29-20-10-16-15-4-2-3-5-18(15)31-19(16)11-17(20)23-21(25)12-30-22(26)13-6-8-14(9-7-13)24(27)28/h2-11H,12H2,1H3,(H,23,25). The Hall–Kier alpha value is -4.40. The van der Waals surface area contributed by atoms with Gasteiger partial charge < -0.3 is 19.2 Å². The van der Waals surface area contributed by atoms with Crippen LogP contribution in [-0.2, 0) is 9.53 Å². The fraction of sp³-hybridized carbons (Fsp3) is 0.0909. The number of carbonyl (C=O) groups excluding carboxylic acids is 2. The smallest absolute Gasteiger partial charge is 0.338 e. The van der Waals surface area contributed by atoms with E-state index < -0.39 is 23.4 Å². The number of methoxy groups -OCH3 is 1. The van der Waals surface area contributed by atoms with Gasteiger partial charge >= 0.3 is 5.97 Å². The maximum atomic E-state index is 12.3.